The van der Waals surface area contributed by atoms with E-state index in [1.165, 1.54) is 12.8 Å². The molecule has 2 N–H and O–H groups in total. The Labute approximate surface area is 115 Å². The number of rotatable bonds is 4. The zero-order valence-electron chi connectivity index (χ0n) is 11.8. The first-order valence-electron chi connectivity index (χ1n) is 6.81. The number of likely N-dealkylation sites (tertiary alicyclic amines) is 1. The number of methoxy groups -OCH3 is 1. The SMILES string of the molecule is COC(C)(CN=C(N)N1CCCC1)c1ccccc1. The Kier molecular flexibility index (Phi) is 4.43. The standard InChI is InChI=1S/C15H23N3O/c1-15(19-2,13-8-4-3-5-9-13)12-17-14(16)18-10-6-7-11-18/h3-5,8-9H,6-7,10-12H2,1-2H3,(H2,16,17). The molecule has 0 bridgehead atoms. The van der Waals surface area contributed by atoms with Crippen molar-refractivity contribution in [3.8, 4) is 0 Å². The van der Waals surface area contributed by atoms with Crippen molar-refractivity contribution in [3.63, 3.8) is 0 Å². The lowest BCUT2D eigenvalue weighted by Gasteiger charge is -2.27. The third-order valence-corrected chi connectivity index (χ3v) is 3.81. The maximum absolute atomic E-state index is 6.04. The van der Waals surface area contributed by atoms with Gasteiger partial charge in [-0.2, -0.15) is 0 Å². The largest absolute Gasteiger partial charge is 0.372 e. The molecule has 1 aromatic rings. The summed E-state index contributed by atoms with van der Waals surface area (Å²) >= 11 is 0. The van der Waals surface area contributed by atoms with Crippen LogP contribution in [0.4, 0.5) is 0 Å². The Bertz CT molecular complexity index is 426. The molecule has 1 aliphatic rings. The molecule has 0 amide bonds. The fraction of sp³-hybridized carbons (Fsp3) is 0.533. The van der Waals surface area contributed by atoms with Crippen molar-refractivity contribution in [1.29, 1.82) is 0 Å². The molecule has 2 rings (SSSR count). The lowest BCUT2D eigenvalue weighted by molar-refractivity contribution is 0.0103. The van der Waals surface area contributed by atoms with Crippen LogP contribution < -0.4 is 5.73 Å². The Balaban J connectivity index is 2.08. The summed E-state index contributed by atoms with van der Waals surface area (Å²) in [6, 6.07) is 10.2. The average Bonchev–Trinajstić information content (AvgIpc) is 2.99. The molecule has 0 spiro atoms. The first-order chi connectivity index (χ1) is 9.15. The average molecular weight is 261 g/mol. The number of nitrogens with two attached hydrogens (primary N) is 1. The number of guanidine groups is 1. The van der Waals surface area contributed by atoms with Crippen molar-refractivity contribution < 1.29 is 4.74 Å². The van der Waals surface area contributed by atoms with Crippen molar-refractivity contribution in [3.05, 3.63) is 35.9 Å². The minimum atomic E-state index is -0.425. The Morgan fingerprint density at radius 1 is 1.32 bits per heavy atom. The molecule has 19 heavy (non-hydrogen) atoms. The number of hydrogen-bond acceptors (Lipinski definition) is 2. The molecule has 4 nitrogen and oxygen atoms in total. The summed E-state index contributed by atoms with van der Waals surface area (Å²) in [5.41, 5.74) is 6.74. The van der Waals surface area contributed by atoms with Crippen LogP contribution in [-0.2, 0) is 10.3 Å². The normalized spacial score (nSPS) is 19.5. The minimum absolute atomic E-state index is 0.425. The van der Waals surface area contributed by atoms with E-state index in [4.69, 9.17) is 10.5 Å². The predicted octanol–water partition coefficient (Wildman–Crippen LogP) is 1.96. The van der Waals surface area contributed by atoms with Gasteiger partial charge in [0.25, 0.3) is 0 Å². The molecular weight excluding hydrogens is 238 g/mol. The smallest absolute Gasteiger partial charge is 0.191 e. The molecule has 1 saturated heterocycles. The highest BCUT2D eigenvalue weighted by Crippen LogP contribution is 2.24. The lowest BCUT2D eigenvalue weighted by Crippen LogP contribution is -2.37. The number of nitrogens with zero attached hydrogens (tertiary/aromatic N) is 2. The van der Waals surface area contributed by atoms with E-state index in [2.05, 4.69) is 22.0 Å². The molecular formula is C15H23N3O. The van der Waals surface area contributed by atoms with Crippen LogP contribution in [0.2, 0.25) is 0 Å². The highest BCUT2D eigenvalue weighted by atomic mass is 16.5. The fourth-order valence-electron chi connectivity index (χ4n) is 2.34. The van der Waals surface area contributed by atoms with Crippen LogP contribution in [0, 0.1) is 0 Å². The molecule has 104 valence electrons. The maximum atomic E-state index is 6.04. The van der Waals surface area contributed by atoms with E-state index in [1.54, 1.807) is 7.11 Å². The van der Waals surface area contributed by atoms with Gasteiger partial charge in [0.1, 0.15) is 5.60 Å². The second-order valence-electron chi connectivity index (χ2n) is 5.17. The van der Waals surface area contributed by atoms with E-state index >= 15 is 0 Å². The third-order valence-electron chi connectivity index (χ3n) is 3.81. The van der Waals surface area contributed by atoms with Crippen LogP contribution >= 0.6 is 0 Å². The number of benzene rings is 1. The maximum Gasteiger partial charge on any atom is 0.191 e. The summed E-state index contributed by atoms with van der Waals surface area (Å²) in [7, 11) is 1.72. The van der Waals surface area contributed by atoms with Gasteiger partial charge in [-0.05, 0) is 25.3 Å². The molecule has 0 radical (unpaired) electrons. The fourth-order valence-corrected chi connectivity index (χ4v) is 2.34. The van der Waals surface area contributed by atoms with Crippen LogP contribution in [0.3, 0.4) is 0 Å². The van der Waals surface area contributed by atoms with Gasteiger partial charge in [0.2, 0.25) is 0 Å². The molecule has 4 heteroatoms. The van der Waals surface area contributed by atoms with Crippen LogP contribution in [0.25, 0.3) is 0 Å². The van der Waals surface area contributed by atoms with Gasteiger partial charge in [0.15, 0.2) is 5.96 Å². The highest BCUT2D eigenvalue weighted by molar-refractivity contribution is 5.78. The van der Waals surface area contributed by atoms with Gasteiger partial charge in [-0.15, -0.1) is 0 Å². The molecule has 1 aromatic carbocycles. The Morgan fingerprint density at radius 3 is 2.53 bits per heavy atom. The van der Waals surface area contributed by atoms with E-state index < -0.39 is 5.60 Å². The van der Waals surface area contributed by atoms with Gasteiger partial charge in [0.05, 0.1) is 6.54 Å². The molecule has 0 saturated carbocycles. The summed E-state index contributed by atoms with van der Waals surface area (Å²) in [4.78, 5) is 6.66. The van der Waals surface area contributed by atoms with Crippen molar-refractivity contribution in [2.45, 2.75) is 25.4 Å². The predicted molar refractivity (Wildman–Crippen MR) is 78.1 cm³/mol. The molecule has 1 fully saturated rings. The highest BCUT2D eigenvalue weighted by Gasteiger charge is 2.26. The van der Waals surface area contributed by atoms with Crippen molar-refractivity contribution in [2.75, 3.05) is 26.7 Å². The summed E-state index contributed by atoms with van der Waals surface area (Å²) in [6.07, 6.45) is 2.41. The van der Waals surface area contributed by atoms with Gasteiger partial charge in [-0.1, -0.05) is 30.3 Å². The summed E-state index contributed by atoms with van der Waals surface area (Å²) in [5, 5.41) is 0. The quantitative estimate of drug-likeness (QED) is 0.666. The van der Waals surface area contributed by atoms with E-state index in [1.807, 2.05) is 25.1 Å². The van der Waals surface area contributed by atoms with E-state index in [-0.39, 0.29) is 0 Å². The van der Waals surface area contributed by atoms with Gasteiger partial charge < -0.3 is 15.4 Å². The summed E-state index contributed by atoms with van der Waals surface area (Å²) in [5.74, 6) is 0.636. The molecule has 1 aliphatic heterocycles. The zero-order chi connectivity index (χ0) is 13.7. The van der Waals surface area contributed by atoms with E-state index in [9.17, 15) is 0 Å². The first kappa shape index (κ1) is 13.9. The number of aliphatic imine (C=N–C) groups is 1. The molecule has 1 atom stereocenters. The van der Waals surface area contributed by atoms with Crippen LogP contribution in [0.15, 0.2) is 35.3 Å². The van der Waals surface area contributed by atoms with Crippen LogP contribution in [-0.4, -0.2) is 37.6 Å². The first-order valence-corrected chi connectivity index (χ1v) is 6.81. The molecule has 1 heterocycles. The van der Waals surface area contributed by atoms with E-state index in [0.29, 0.717) is 12.5 Å². The lowest BCUT2D eigenvalue weighted by atomic mass is 9.96. The van der Waals surface area contributed by atoms with Crippen molar-refractivity contribution in [1.82, 2.24) is 4.90 Å². The molecule has 0 aliphatic carbocycles. The number of ether oxygens (including phenoxy) is 1. The minimum Gasteiger partial charge on any atom is -0.372 e. The third kappa shape index (κ3) is 3.26. The van der Waals surface area contributed by atoms with Gasteiger partial charge in [0, 0.05) is 20.2 Å². The summed E-state index contributed by atoms with van der Waals surface area (Å²) in [6.45, 7) is 4.62. The summed E-state index contributed by atoms with van der Waals surface area (Å²) < 4.78 is 5.66. The van der Waals surface area contributed by atoms with Crippen LogP contribution in [0.5, 0.6) is 0 Å². The van der Waals surface area contributed by atoms with Crippen molar-refractivity contribution in [2.24, 2.45) is 10.7 Å². The zero-order valence-corrected chi connectivity index (χ0v) is 11.8. The molecule has 1 unspecified atom stereocenters. The van der Waals surface area contributed by atoms with Crippen molar-refractivity contribution >= 4 is 5.96 Å². The van der Waals surface area contributed by atoms with Crippen LogP contribution in [0.1, 0.15) is 25.3 Å². The van der Waals surface area contributed by atoms with E-state index in [0.717, 1.165) is 18.7 Å². The second kappa shape index (κ2) is 6.06. The van der Waals surface area contributed by atoms with Gasteiger partial charge >= 0.3 is 0 Å². The second-order valence-corrected chi connectivity index (χ2v) is 5.17. The van der Waals surface area contributed by atoms with Gasteiger partial charge in [-0.3, -0.25) is 0 Å². The topological polar surface area (TPSA) is 50.9 Å². The number of hydrogen-bond donors (Lipinski definition) is 1. The molecule has 0 aromatic heterocycles. The Morgan fingerprint density at radius 2 is 1.95 bits per heavy atom. The monoisotopic (exact) mass is 261 g/mol. The van der Waals surface area contributed by atoms with Gasteiger partial charge in [-0.25, -0.2) is 4.99 Å². The Hall–Kier alpha value is -1.55.